The van der Waals surface area contributed by atoms with Crippen molar-refractivity contribution in [1.82, 2.24) is 9.97 Å². The fraction of sp³-hybridized carbons (Fsp3) is 0.150. The van der Waals surface area contributed by atoms with Gasteiger partial charge in [0.05, 0.1) is 5.56 Å². The summed E-state index contributed by atoms with van der Waals surface area (Å²) < 4.78 is 37.8. The third-order valence-electron chi connectivity index (χ3n) is 4.01. The Balaban J connectivity index is 1.70. The number of nitrogens with one attached hydrogen (secondary N) is 1. The Labute approximate surface area is 159 Å². The molecular formula is C20H17F3N4O. The van der Waals surface area contributed by atoms with E-state index in [0.717, 1.165) is 17.7 Å². The van der Waals surface area contributed by atoms with Gasteiger partial charge < -0.3 is 10.2 Å². The predicted octanol–water partition coefficient (Wildman–Crippen LogP) is 4.38. The summed E-state index contributed by atoms with van der Waals surface area (Å²) >= 11 is 0. The van der Waals surface area contributed by atoms with E-state index in [1.165, 1.54) is 24.5 Å². The van der Waals surface area contributed by atoms with Crippen LogP contribution < -0.4 is 10.2 Å². The Hall–Kier alpha value is -3.42. The van der Waals surface area contributed by atoms with E-state index in [0.29, 0.717) is 12.4 Å². The second-order valence-corrected chi connectivity index (χ2v) is 6.13. The van der Waals surface area contributed by atoms with Crippen molar-refractivity contribution in [3.63, 3.8) is 0 Å². The van der Waals surface area contributed by atoms with Crippen molar-refractivity contribution in [2.75, 3.05) is 17.3 Å². The third-order valence-corrected chi connectivity index (χ3v) is 4.01. The number of aromatic nitrogens is 2. The number of rotatable bonds is 5. The smallest absolute Gasteiger partial charge is 0.355 e. The molecule has 0 aliphatic carbocycles. The van der Waals surface area contributed by atoms with E-state index < -0.39 is 17.6 Å². The quantitative estimate of drug-likeness (QED) is 0.707. The minimum atomic E-state index is -4.42. The van der Waals surface area contributed by atoms with Gasteiger partial charge in [0.15, 0.2) is 0 Å². The van der Waals surface area contributed by atoms with E-state index in [2.05, 4.69) is 15.3 Å². The summed E-state index contributed by atoms with van der Waals surface area (Å²) in [5.41, 5.74) is 0.664. The van der Waals surface area contributed by atoms with Crippen LogP contribution in [0, 0.1) is 0 Å². The molecule has 144 valence electrons. The number of carbonyl (C=O) groups is 1. The molecule has 1 N–H and O–H groups in total. The minimum absolute atomic E-state index is 0.116. The topological polar surface area (TPSA) is 58.1 Å². The molecule has 28 heavy (non-hydrogen) atoms. The van der Waals surface area contributed by atoms with Crippen molar-refractivity contribution < 1.29 is 18.0 Å². The lowest BCUT2D eigenvalue weighted by atomic mass is 10.2. The molecule has 0 aliphatic rings. The first kappa shape index (κ1) is 19.3. The molecule has 5 nitrogen and oxygen atoms in total. The van der Waals surface area contributed by atoms with E-state index in [-0.39, 0.29) is 11.4 Å². The number of halogens is 3. The van der Waals surface area contributed by atoms with Gasteiger partial charge in [0.25, 0.3) is 5.91 Å². The van der Waals surface area contributed by atoms with Gasteiger partial charge in [-0.2, -0.15) is 13.2 Å². The number of nitrogens with zero attached hydrogens (tertiary/aromatic N) is 3. The standard InChI is InChI=1S/C20H17F3N4O/c1-27(12-14-5-3-2-4-6-14)18-11-17(24-13-25-18)19(28)26-16-9-7-15(8-10-16)20(21,22)23/h2-11,13H,12H2,1H3,(H,26,28). The summed E-state index contributed by atoms with van der Waals surface area (Å²) in [5, 5.41) is 2.54. The molecule has 0 fully saturated rings. The van der Waals surface area contributed by atoms with E-state index in [1.807, 2.05) is 42.3 Å². The maximum absolute atomic E-state index is 12.6. The summed E-state index contributed by atoms with van der Waals surface area (Å²) in [6, 6.07) is 15.5. The van der Waals surface area contributed by atoms with Crippen LogP contribution in [0.4, 0.5) is 24.7 Å². The molecule has 0 saturated heterocycles. The summed E-state index contributed by atoms with van der Waals surface area (Å²) in [7, 11) is 1.84. The van der Waals surface area contributed by atoms with Gasteiger partial charge in [-0.15, -0.1) is 0 Å². The monoisotopic (exact) mass is 386 g/mol. The highest BCUT2D eigenvalue weighted by atomic mass is 19.4. The van der Waals surface area contributed by atoms with E-state index in [9.17, 15) is 18.0 Å². The lowest BCUT2D eigenvalue weighted by Gasteiger charge is -2.18. The van der Waals surface area contributed by atoms with Gasteiger partial charge in [-0.3, -0.25) is 4.79 Å². The van der Waals surface area contributed by atoms with Crippen LogP contribution in [-0.2, 0) is 12.7 Å². The first-order valence-corrected chi connectivity index (χ1v) is 8.38. The van der Waals surface area contributed by atoms with E-state index in [1.54, 1.807) is 0 Å². The zero-order chi connectivity index (χ0) is 20.1. The molecule has 0 atom stereocenters. The fourth-order valence-electron chi connectivity index (χ4n) is 2.56. The maximum Gasteiger partial charge on any atom is 0.416 e. The molecule has 0 unspecified atom stereocenters. The largest absolute Gasteiger partial charge is 0.416 e. The zero-order valence-corrected chi connectivity index (χ0v) is 14.9. The van der Waals surface area contributed by atoms with Gasteiger partial charge >= 0.3 is 6.18 Å². The summed E-state index contributed by atoms with van der Waals surface area (Å²) in [6.07, 6.45) is -3.15. The van der Waals surface area contributed by atoms with Gasteiger partial charge in [0.1, 0.15) is 17.8 Å². The molecule has 1 heterocycles. The normalized spacial score (nSPS) is 11.1. The van der Waals surface area contributed by atoms with Crippen LogP contribution in [-0.4, -0.2) is 22.9 Å². The van der Waals surface area contributed by atoms with Crippen LogP contribution >= 0.6 is 0 Å². The molecule has 1 aromatic heterocycles. The lowest BCUT2D eigenvalue weighted by molar-refractivity contribution is -0.137. The SMILES string of the molecule is CN(Cc1ccccc1)c1cc(C(=O)Nc2ccc(C(F)(F)F)cc2)ncn1. The zero-order valence-electron chi connectivity index (χ0n) is 14.9. The molecule has 0 bridgehead atoms. The summed E-state index contributed by atoms with van der Waals surface area (Å²) in [4.78, 5) is 22.4. The van der Waals surface area contributed by atoms with Crippen LogP contribution in [0.5, 0.6) is 0 Å². The Kier molecular flexibility index (Phi) is 5.58. The minimum Gasteiger partial charge on any atom is -0.355 e. The number of benzene rings is 2. The van der Waals surface area contributed by atoms with Crippen molar-refractivity contribution in [2.45, 2.75) is 12.7 Å². The highest BCUT2D eigenvalue weighted by Crippen LogP contribution is 2.29. The third kappa shape index (κ3) is 4.85. The van der Waals surface area contributed by atoms with Crippen molar-refractivity contribution in [1.29, 1.82) is 0 Å². The van der Waals surface area contributed by atoms with Crippen LogP contribution in [0.3, 0.4) is 0 Å². The lowest BCUT2D eigenvalue weighted by Crippen LogP contribution is -2.20. The molecule has 0 saturated carbocycles. The fourth-order valence-corrected chi connectivity index (χ4v) is 2.56. The van der Waals surface area contributed by atoms with Crippen LogP contribution in [0.1, 0.15) is 21.6 Å². The molecule has 8 heteroatoms. The molecule has 1 amide bonds. The number of amides is 1. The average Bonchev–Trinajstić information content (AvgIpc) is 2.68. The Morgan fingerprint density at radius 3 is 2.36 bits per heavy atom. The number of alkyl halides is 3. The molecule has 2 aromatic carbocycles. The van der Waals surface area contributed by atoms with Crippen molar-refractivity contribution in [3.05, 3.63) is 83.8 Å². The molecule has 3 rings (SSSR count). The number of hydrogen-bond donors (Lipinski definition) is 1. The Morgan fingerprint density at radius 1 is 1.04 bits per heavy atom. The van der Waals surface area contributed by atoms with Crippen LogP contribution in [0.25, 0.3) is 0 Å². The second-order valence-electron chi connectivity index (χ2n) is 6.13. The van der Waals surface area contributed by atoms with E-state index in [4.69, 9.17) is 0 Å². The molecular weight excluding hydrogens is 369 g/mol. The number of carbonyl (C=O) groups excluding carboxylic acids is 1. The highest BCUT2D eigenvalue weighted by molar-refractivity contribution is 6.03. The van der Waals surface area contributed by atoms with Gasteiger partial charge in [0, 0.05) is 25.3 Å². The molecule has 0 radical (unpaired) electrons. The van der Waals surface area contributed by atoms with Crippen LogP contribution in [0.15, 0.2) is 67.0 Å². The van der Waals surface area contributed by atoms with E-state index >= 15 is 0 Å². The van der Waals surface area contributed by atoms with Gasteiger partial charge in [-0.05, 0) is 29.8 Å². The summed E-state index contributed by atoms with van der Waals surface area (Å²) in [6.45, 7) is 0.595. The maximum atomic E-state index is 12.6. The van der Waals surface area contributed by atoms with Crippen LogP contribution in [0.2, 0.25) is 0 Å². The highest BCUT2D eigenvalue weighted by Gasteiger charge is 2.30. The van der Waals surface area contributed by atoms with Gasteiger partial charge in [0.2, 0.25) is 0 Å². The first-order valence-electron chi connectivity index (χ1n) is 8.38. The first-order chi connectivity index (χ1) is 13.3. The molecule has 3 aromatic rings. The Morgan fingerprint density at radius 2 is 1.71 bits per heavy atom. The van der Waals surface area contributed by atoms with Crippen molar-refractivity contribution in [3.8, 4) is 0 Å². The van der Waals surface area contributed by atoms with Crippen molar-refractivity contribution >= 4 is 17.4 Å². The average molecular weight is 386 g/mol. The summed E-state index contributed by atoms with van der Waals surface area (Å²) in [5.74, 6) is 0.0212. The second kappa shape index (κ2) is 8.08. The molecule has 0 spiro atoms. The van der Waals surface area contributed by atoms with Gasteiger partial charge in [-0.25, -0.2) is 9.97 Å². The predicted molar refractivity (Wildman–Crippen MR) is 100.0 cm³/mol. The van der Waals surface area contributed by atoms with Gasteiger partial charge in [-0.1, -0.05) is 30.3 Å². The number of anilines is 2. The Bertz CT molecular complexity index is 944. The molecule has 0 aliphatic heterocycles. The number of hydrogen-bond acceptors (Lipinski definition) is 4. The van der Waals surface area contributed by atoms with Crippen molar-refractivity contribution in [2.24, 2.45) is 0 Å².